The van der Waals surface area contributed by atoms with Crippen LogP contribution in [-0.2, 0) is 23.7 Å². The minimum atomic E-state index is -0.924. The number of aromatic nitrogens is 2. The molecule has 1 unspecified atom stereocenters. The van der Waals surface area contributed by atoms with Crippen molar-refractivity contribution >= 4 is 46.5 Å². The maximum Gasteiger partial charge on any atom is 0.332 e. The predicted octanol–water partition coefficient (Wildman–Crippen LogP) is 1.13. The summed E-state index contributed by atoms with van der Waals surface area (Å²) >= 11 is 11.9. The molecule has 1 aromatic carbocycles. The zero-order chi connectivity index (χ0) is 19.2. The molecule has 2 heterocycles. The Labute approximate surface area is 157 Å². The molecule has 1 aliphatic heterocycles. The van der Waals surface area contributed by atoms with E-state index < -0.39 is 29.1 Å². The molecule has 0 radical (unpaired) electrons. The largest absolute Gasteiger partial charge is 0.359 e. The van der Waals surface area contributed by atoms with Gasteiger partial charge < -0.3 is 5.32 Å². The van der Waals surface area contributed by atoms with Crippen LogP contribution in [0.2, 0.25) is 10.0 Å². The zero-order valence-electron chi connectivity index (χ0n) is 13.8. The summed E-state index contributed by atoms with van der Waals surface area (Å²) in [5.41, 5.74) is -0.840. The molecule has 26 heavy (non-hydrogen) atoms. The summed E-state index contributed by atoms with van der Waals surface area (Å²) in [6, 6.07) is 4.71. The van der Waals surface area contributed by atoms with Crippen LogP contribution in [0.4, 0.5) is 11.5 Å². The van der Waals surface area contributed by atoms with Gasteiger partial charge in [-0.3, -0.25) is 23.5 Å². The van der Waals surface area contributed by atoms with Gasteiger partial charge in [-0.15, -0.1) is 0 Å². The molecule has 2 amide bonds. The molecule has 1 atom stereocenters. The number of anilines is 2. The second-order valence-electron chi connectivity index (χ2n) is 5.83. The average molecular weight is 397 g/mol. The monoisotopic (exact) mass is 396 g/mol. The van der Waals surface area contributed by atoms with Crippen LogP contribution in [0.1, 0.15) is 6.42 Å². The number of benzene rings is 1. The Hall–Kier alpha value is -2.58. The quantitative estimate of drug-likeness (QED) is 0.784. The minimum absolute atomic E-state index is 0.138. The summed E-state index contributed by atoms with van der Waals surface area (Å²) in [6.45, 7) is 0. The van der Waals surface area contributed by atoms with Gasteiger partial charge in [-0.2, -0.15) is 0 Å². The third kappa shape index (κ3) is 3.02. The van der Waals surface area contributed by atoms with E-state index in [4.69, 9.17) is 23.2 Å². The fourth-order valence-electron chi connectivity index (χ4n) is 2.71. The summed E-state index contributed by atoms with van der Waals surface area (Å²) in [5.74, 6) is -0.841. The van der Waals surface area contributed by atoms with Gasteiger partial charge >= 0.3 is 5.69 Å². The van der Waals surface area contributed by atoms with Crippen LogP contribution in [-0.4, -0.2) is 27.0 Å². The van der Waals surface area contributed by atoms with Gasteiger partial charge in [0, 0.05) is 25.2 Å². The van der Waals surface area contributed by atoms with Gasteiger partial charge in [0.1, 0.15) is 11.9 Å². The van der Waals surface area contributed by atoms with Crippen LogP contribution in [0.25, 0.3) is 0 Å². The molecule has 0 aliphatic carbocycles. The second-order valence-corrected chi connectivity index (χ2v) is 6.68. The number of hydrogen-bond acceptors (Lipinski definition) is 5. The number of nitrogens with one attached hydrogen (secondary N) is 1. The number of carbonyl (C=O) groups excluding carboxylic acids is 2. The van der Waals surface area contributed by atoms with E-state index in [1.54, 1.807) is 0 Å². The van der Waals surface area contributed by atoms with E-state index in [0.29, 0.717) is 5.02 Å². The fraction of sp³-hybridized carbons (Fsp3) is 0.250. The summed E-state index contributed by atoms with van der Waals surface area (Å²) in [5, 5.41) is 3.34. The Balaban J connectivity index is 1.93. The lowest BCUT2D eigenvalue weighted by molar-refractivity contribution is -0.121. The number of rotatable bonds is 3. The molecular formula is C16H14Cl2N4O4. The van der Waals surface area contributed by atoms with Gasteiger partial charge in [-0.05, 0) is 18.2 Å². The molecule has 0 spiro atoms. The number of nitrogens with zero attached hydrogens (tertiary/aromatic N) is 3. The lowest BCUT2D eigenvalue weighted by Crippen LogP contribution is -2.40. The van der Waals surface area contributed by atoms with Crippen LogP contribution < -0.4 is 21.5 Å². The lowest BCUT2D eigenvalue weighted by Gasteiger charge is -2.18. The number of hydrogen-bond donors (Lipinski definition) is 1. The van der Waals surface area contributed by atoms with Crippen molar-refractivity contribution in [3.05, 3.63) is 55.1 Å². The number of imide groups is 1. The Kier molecular flexibility index (Phi) is 4.64. The molecule has 3 rings (SSSR count). The van der Waals surface area contributed by atoms with Crippen molar-refractivity contribution in [1.82, 2.24) is 9.13 Å². The molecule has 10 heteroatoms. The van der Waals surface area contributed by atoms with Gasteiger partial charge in [-0.25, -0.2) is 9.69 Å². The molecule has 2 aromatic rings. The molecule has 1 N–H and O–H groups in total. The molecule has 1 saturated heterocycles. The van der Waals surface area contributed by atoms with Gasteiger partial charge in [0.2, 0.25) is 5.91 Å². The Morgan fingerprint density at radius 2 is 1.73 bits per heavy atom. The highest BCUT2D eigenvalue weighted by molar-refractivity contribution is 6.38. The Morgan fingerprint density at radius 1 is 1.04 bits per heavy atom. The normalized spacial score (nSPS) is 17.1. The first-order chi connectivity index (χ1) is 12.2. The molecule has 0 bridgehead atoms. The van der Waals surface area contributed by atoms with Crippen LogP contribution in [0.15, 0.2) is 33.9 Å². The minimum Gasteiger partial charge on any atom is -0.359 e. The first-order valence-corrected chi connectivity index (χ1v) is 8.31. The second kappa shape index (κ2) is 6.62. The number of amides is 2. The standard InChI is InChI=1S/C16H14Cl2N4O4/c1-20-12(7-13(23)21(2)16(20)26)19-10-6-14(24)22(15(10)25)11-4-3-8(17)5-9(11)18/h3-5,7,10,19H,6H2,1-2H3. The summed E-state index contributed by atoms with van der Waals surface area (Å²) in [4.78, 5) is 49.8. The van der Waals surface area contributed by atoms with Crippen molar-refractivity contribution in [3.8, 4) is 0 Å². The topological polar surface area (TPSA) is 93.4 Å². The zero-order valence-corrected chi connectivity index (χ0v) is 15.3. The molecule has 1 aliphatic rings. The van der Waals surface area contributed by atoms with Crippen molar-refractivity contribution < 1.29 is 9.59 Å². The maximum atomic E-state index is 12.7. The third-order valence-corrected chi connectivity index (χ3v) is 4.68. The highest BCUT2D eigenvalue weighted by Gasteiger charge is 2.40. The van der Waals surface area contributed by atoms with Crippen molar-refractivity contribution in [2.75, 3.05) is 10.2 Å². The fourth-order valence-corrected chi connectivity index (χ4v) is 3.20. The Bertz CT molecular complexity index is 1040. The highest BCUT2D eigenvalue weighted by Crippen LogP contribution is 2.32. The van der Waals surface area contributed by atoms with E-state index in [2.05, 4.69) is 5.32 Å². The molecular weight excluding hydrogens is 383 g/mol. The highest BCUT2D eigenvalue weighted by atomic mass is 35.5. The average Bonchev–Trinajstić information content (AvgIpc) is 2.85. The molecule has 1 fully saturated rings. The maximum absolute atomic E-state index is 12.7. The number of carbonyl (C=O) groups is 2. The first-order valence-electron chi connectivity index (χ1n) is 7.56. The van der Waals surface area contributed by atoms with E-state index in [1.807, 2.05) is 0 Å². The van der Waals surface area contributed by atoms with Crippen LogP contribution in [0.5, 0.6) is 0 Å². The van der Waals surface area contributed by atoms with Gasteiger partial charge in [-0.1, -0.05) is 23.2 Å². The lowest BCUT2D eigenvalue weighted by atomic mass is 10.2. The van der Waals surface area contributed by atoms with Crippen molar-refractivity contribution in [1.29, 1.82) is 0 Å². The third-order valence-electron chi connectivity index (χ3n) is 4.15. The summed E-state index contributed by atoms with van der Waals surface area (Å²) in [6.07, 6.45) is -0.138. The summed E-state index contributed by atoms with van der Waals surface area (Å²) in [7, 11) is 2.81. The van der Waals surface area contributed by atoms with E-state index in [1.165, 1.54) is 42.9 Å². The van der Waals surface area contributed by atoms with E-state index in [9.17, 15) is 19.2 Å². The van der Waals surface area contributed by atoms with Crippen molar-refractivity contribution in [3.63, 3.8) is 0 Å². The molecule has 8 nitrogen and oxygen atoms in total. The van der Waals surface area contributed by atoms with Crippen molar-refractivity contribution in [2.24, 2.45) is 14.1 Å². The molecule has 0 saturated carbocycles. The smallest absolute Gasteiger partial charge is 0.332 e. The van der Waals surface area contributed by atoms with E-state index in [-0.39, 0.29) is 22.9 Å². The van der Waals surface area contributed by atoms with Crippen molar-refractivity contribution in [2.45, 2.75) is 12.5 Å². The van der Waals surface area contributed by atoms with Gasteiger partial charge in [0.25, 0.3) is 11.5 Å². The number of halogens is 2. The SMILES string of the molecule is Cn1c(NC2CC(=O)N(c3ccc(Cl)cc3Cl)C2=O)cc(=O)n(C)c1=O. The van der Waals surface area contributed by atoms with Crippen LogP contribution in [0.3, 0.4) is 0 Å². The Morgan fingerprint density at radius 3 is 2.38 bits per heavy atom. The molecule has 1 aromatic heterocycles. The first kappa shape index (κ1) is 18.2. The van der Waals surface area contributed by atoms with E-state index in [0.717, 1.165) is 9.47 Å². The van der Waals surface area contributed by atoms with Crippen LogP contribution >= 0.6 is 23.2 Å². The predicted molar refractivity (Wildman–Crippen MR) is 97.9 cm³/mol. The summed E-state index contributed by atoms with van der Waals surface area (Å²) < 4.78 is 2.13. The van der Waals surface area contributed by atoms with Gasteiger partial charge in [0.15, 0.2) is 0 Å². The van der Waals surface area contributed by atoms with Gasteiger partial charge in [0.05, 0.1) is 17.1 Å². The van der Waals surface area contributed by atoms with E-state index >= 15 is 0 Å². The molecule has 136 valence electrons. The van der Waals surface area contributed by atoms with Crippen LogP contribution in [0, 0.1) is 0 Å².